The number of rotatable bonds is 5. The van der Waals surface area contributed by atoms with E-state index in [1.54, 1.807) is 22.2 Å². The highest BCUT2D eigenvalue weighted by Gasteiger charge is 2.21. The van der Waals surface area contributed by atoms with Gasteiger partial charge in [0.15, 0.2) is 5.69 Å². The molecule has 1 aliphatic rings. The van der Waals surface area contributed by atoms with Gasteiger partial charge in [-0.3, -0.25) is 4.79 Å². The number of nitrogens with one attached hydrogen (secondary N) is 2. The van der Waals surface area contributed by atoms with E-state index in [1.165, 1.54) is 0 Å². The lowest BCUT2D eigenvalue weighted by Crippen LogP contribution is -2.43. The van der Waals surface area contributed by atoms with Crippen molar-refractivity contribution in [3.05, 3.63) is 28.0 Å². The molecule has 2 aromatic heterocycles. The lowest BCUT2D eigenvalue weighted by atomic mass is 10.2. The predicted octanol–water partition coefficient (Wildman–Crippen LogP) is 0.160. The number of carbonyl (C=O) groups is 1. The molecule has 3 heterocycles. The van der Waals surface area contributed by atoms with Gasteiger partial charge in [-0.2, -0.15) is 0 Å². The maximum absolute atomic E-state index is 11.9. The lowest BCUT2D eigenvalue weighted by Gasteiger charge is -2.26. The zero-order valence-electron chi connectivity index (χ0n) is 11.2. The standard InChI is InChI=1S/C12H16N6OS/c1-8-7-20-11(15-8)2-3-14-12(19)10-6-18(17-16-10)9-4-13-5-9/h6-7,9,13H,2-5H2,1H3,(H,14,19). The molecule has 0 spiro atoms. The fraction of sp³-hybridized carbons (Fsp3) is 0.500. The topological polar surface area (TPSA) is 84.7 Å². The van der Waals surface area contributed by atoms with E-state index in [9.17, 15) is 4.79 Å². The second kappa shape index (κ2) is 5.68. The largest absolute Gasteiger partial charge is 0.350 e. The van der Waals surface area contributed by atoms with E-state index in [-0.39, 0.29) is 5.91 Å². The van der Waals surface area contributed by atoms with Crippen LogP contribution in [0, 0.1) is 6.92 Å². The Kier molecular flexibility index (Phi) is 3.75. The third-order valence-electron chi connectivity index (χ3n) is 3.17. The first-order valence-corrected chi connectivity index (χ1v) is 7.42. The van der Waals surface area contributed by atoms with Crippen LogP contribution in [0.25, 0.3) is 0 Å². The van der Waals surface area contributed by atoms with Crippen LogP contribution in [0.1, 0.15) is 27.2 Å². The molecule has 1 amide bonds. The van der Waals surface area contributed by atoms with E-state index in [1.807, 2.05) is 12.3 Å². The van der Waals surface area contributed by atoms with E-state index < -0.39 is 0 Å². The van der Waals surface area contributed by atoms with Crippen molar-refractivity contribution in [1.29, 1.82) is 0 Å². The normalized spacial score (nSPS) is 15.1. The summed E-state index contributed by atoms with van der Waals surface area (Å²) < 4.78 is 1.75. The van der Waals surface area contributed by atoms with Crippen molar-refractivity contribution in [1.82, 2.24) is 30.6 Å². The number of amides is 1. The molecule has 0 aliphatic carbocycles. The van der Waals surface area contributed by atoms with Gasteiger partial charge in [-0.15, -0.1) is 16.4 Å². The second-order valence-corrected chi connectivity index (χ2v) is 5.73. The number of carbonyl (C=O) groups excluding carboxylic acids is 1. The first-order chi connectivity index (χ1) is 9.72. The molecule has 7 nitrogen and oxygen atoms in total. The number of hydrogen-bond donors (Lipinski definition) is 2. The minimum atomic E-state index is -0.184. The van der Waals surface area contributed by atoms with Crippen LogP contribution >= 0.6 is 11.3 Å². The van der Waals surface area contributed by atoms with Gasteiger partial charge >= 0.3 is 0 Å². The summed E-state index contributed by atoms with van der Waals surface area (Å²) in [4.78, 5) is 16.3. The Balaban J connectivity index is 1.49. The number of nitrogens with zero attached hydrogens (tertiary/aromatic N) is 4. The van der Waals surface area contributed by atoms with Crippen molar-refractivity contribution >= 4 is 17.2 Å². The summed E-state index contributed by atoms with van der Waals surface area (Å²) in [6, 6.07) is 0.322. The van der Waals surface area contributed by atoms with E-state index >= 15 is 0 Å². The first kappa shape index (κ1) is 13.2. The Hall–Kier alpha value is -1.80. The highest BCUT2D eigenvalue weighted by molar-refractivity contribution is 7.09. The summed E-state index contributed by atoms with van der Waals surface area (Å²) in [6.07, 6.45) is 2.44. The zero-order valence-corrected chi connectivity index (χ0v) is 12.0. The summed E-state index contributed by atoms with van der Waals surface area (Å²) in [7, 11) is 0. The van der Waals surface area contributed by atoms with Gasteiger partial charge in [-0.05, 0) is 6.92 Å². The SMILES string of the molecule is Cc1csc(CCNC(=O)c2cn(C3CNC3)nn2)n1. The van der Waals surface area contributed by atoms with E-state index in [2.05, 4.69) is 25.9 Å². The average molecular weight is 292 g/mol. The molecule has 20 heavy (non-hydrogen) atoms. The van der Waals surface area contributed by atoms with Gasteiger partial charge in [0.05, 0.1) is 17.2 Å². The summed E-state index contributed by atoms with van der Waals surface area (Å²) in [5.74, 6) is -0.184. The smallest absolute Gasteiger partial charge is 0.273 e. The van der Waals surface area contributed by atoms with Crippen LogP contribution in [-0.4, -0.2) is 45.5 Å². The van der Waals surface area contributed by atoms with Crippen LogP contribution in [0.5, 0.6) is 0 Å². The van der Waals surface area contributed by atoms with Gasteiger partial charge < -0.3 is 10.6 Å². The number of aryl methyl sites for hydroxylation is 1. The highest BCUT2D eigenvalue weighted by Crippen LogP contribution is 2.10. The van der Waals surface area contributed by atoms with Gasteiger partial charge in [0.1, 0.15) is 0 Å². The van der Waals surface area contributed by atoms with Crippen molar-refractivity contribution in [2.24, 2.45) is 0 Å². The molecule has 0 radical (unpaired) electrons. The van der Waals surface area contributed by atoms with Crippen molar-refractivity contribution < 1.29 is 4.79 Å². The van der Waals surface area contributed by atoms with Crippen molar-refractivity contribution in [3.63, 3.8) is 0 Å². The Morgan fingerprint density at radius 1 is 1.60 bits per heavy atom. The minimum Gasteiger partial charge on any atom is -0.350 e. The van der Waals surface area contributed by atoms with Crippen LogP contribution in [0.2, 0.25) is 0 Å². The number of thiazole rings is 1. The molecular weight excluding hydrogens is 276 g/mol. The van der Waals surface area contributed by atoms with E-state index in [0.29, 0.717) is 18.3 Å². The fourth-order valence-corrected chi connectivity index (χ4v) is 2.69. The van der Waals surface area contributed by atoms with Crippen LogP contribution in [0.4, 0.5) is 0 Å². The van der Waals surface area contributed by atoms with Crippen molar-refractivity contribution in [2.45, 2.75) is 19.4 Å². The lowest BCUT2D eigenvalue weighted by molar-refractivity contribution is 0.0949. The Morgan fingerprint density at radius 2 is 2.45 bits per heavy atom. The molecule has 1 fully saturated rings. The van der Waals surface area contributed by atoms with Gasteiger partial charge in [0.25, 0.3) is 5.91 Å². The maximum atomic E-state index is 11.9. The van der Waals surface area contributed by atoms with Gasteiger partial charge in [0.2, 0.25) is 0 Å². The highest BCUT2D eigenvalue weighted by atomic mass is 32.1. The van der Waals surface area contributed by atoms with Gasteiger partial charge in [0, 0.05) is 37.1 Å². The van der Waals surface area contributed by atoms with E-state index in [4.69, 9.17) is 0 Å². The third-order valence-corrected chi connectivity index (χ3v) is 4.19. The monoisotopic (exact) mass is 292 g/mol. The zero-order chi connectivity index (χ0) is 13.9. The molecule has 3 rings (SSSR count). The van der Waals surface area contributed by atoms with Crippen LogP contribution < -0.4 is 10.6 Å². The Bertz CT molecular complexity index is 603. The second-order valence-electron chi connectivity index (χ2n) is 4.78. The molecule has 0 unspecified atom stereocenters. The molecule has 2 N–H and O–H groups in total. The fourth-order valence-electron chi connectivity index (χ4n) is 1.91. The quantitative estimate of drug-likeness (QED) is 0.820. The summed E-state index contributed by atoms with van der Waals surface area (Å²) in [5.41, 5.74) is 1.39. The average Bonchev–Trinajstić information content (AvgIpc) is 2.97. The molecule has 0 bridgehead atoms. The molecule has 0 atom stereocenters. The van der Waals surface area contributed by atoms with Gasteiger partial charge in [-0.1, -0.05) is 5.21 Å². The molecule has 8 heteroatoms. The summed E-state index contributed by atoms with van der Waals surface area (Å²) in [5, 5.41) is 16.9. The number of hydrogen-bond acceptors (Lipinski definition) is 6. The van der Waals surface area contributed by atoms with Crippen LogP contribution in [0.15, 0.2) is 11.6 Å². The van der Waals surface area contributed by atoms with Crippen LogP contribution in [0.3, 0.4) is 0 Å². The molecule has 1 saturated heterocycles. The Morgan fingerprint density at radius 3 is 3.10 bits per heavy atom. The molecule has 0 saturated carbocycles. The predicted molar refractivity (Wildman–Crippen MR) is 74.8 cm³/mol. The molecular formula is C12H16N6OS. The number of aromatic nitrogens is 4. The summed E-state index contributed by atoms with van der Waals surface area (Å²) >= 11 is 1.61. The van der Waals surface area contributed by atoms with Crippen molar-refractivity contribution in [2.75, 3.05) is 19.6 Å². The van der Waals surface area contributed by atoms with Crippen molar-refractivity contribution in [3.8, 4) is 0 Å². The summed E-state index contributed by atoms with van der Waals surface area (Å²) in [6.45, 7) is 4.29. The van der Waals surface area contributed by atoms with Gasteiger partial charge in [-0.25, -0.2) is 9.67 Å². The molecule has 106 valence electrons. The van der Waals surface area contributed by atoms with E-state index in [0.717, 1.165) is 30.2 Å². The first-order valence-electron chi connectivity index (χ1n) is 6.54. The molecule has 1 aliphatic heterocycles. The Labute approximate surface area is 120 Å². The molecule has 0 aromatic carbocycles. The maximum Gasteiger partial charge on any atom is 0.273 e. The van der Waals surface area contributed by atoms with Crippen LogP contribution in [-0.2, 0) is 6.42 Å². The third kappa shape index (κ3) is 2.86. The minimum absolute atomic E-state index is 0.184. The molecule has 2 aromatic rings.